The highest BCUT2D eigenvalue weighted by Gasteiger charge is 2.22. The number of benzene rings is 2. The van der Waals surface area contributed by atoms with Crippen molar-refractivity contribution >= 4 is 18.4 Å². The van der Waals surface area contributed by atoms with E-state index < -0.39 is 14.5 Å². The third-order valence-corrected chi connectivity index (χ3v) is 3.85. The van der Waals surface area contributed by atoms with E-state index in [1.807, 2.05) is 30.3 Å². The standard InChI is InChI=1S/C13H11FOP/c14-10-11-6-8-13(9-7-11)16(15)12-4-2-1-3-5-12/h1-9H,10H2/q+1. The first-order valence-corrected chi connectivity index (χ1v) is 6.24. The molecule has 0 aromatic heterocycles. The molecule has 2 rings (SSSR count). The van der Waals surface area contributed by atoms with Gasteiger partial charge in [-0.3, -0.25) is 0 Å². The molecule has 2 aromatic carbocycles. The fraction of sp³-hybridized carbons (Fsp3) is 0.0769. The summed E-state index contributed by atoms with van der Waals surface area (Å²) in [5.74, 6) is 0. The summed E-state index contributed by atoms with van der Waals surface area (Å²) < 4.78 is 24.4. The van der Waals surface area contributed by atoms with Gasteiger partial charge in [-0.05, 0) is 29.8 Å². The van der Waals surface area contributed by atoms with E-state index in [0.717, 1.165) is 10.6 Å². The first-order valence-electron chi connectivity index (χ1n) is 4.98. The van der Waals surface area contributed by atoms with Crippen molar-refractivity contribution in [3.63, 3.8) is 0 Å². The fourth-order valence-electron chi connectivity index (χ4n) is 1.43. The minimum atomic E-state index is -1.56. The Kier molecular flexibility index (Phi) is 3.43. The van der Waals surface area contributed by atoms with Crippen molar-refractivity contribution in [1.29, 1.82) is 0 Å². The average Bonchev–Trinajstić information content (AvgIpc) is 2.39. The van der Waals surface area contributed by atoms with Gasteiger partial charge in [0, 0.05) is 0 Å². The lowest BCUT2D eigenvalue weighted by atomic mass is 10.2. The van der Waals surface area contributed by atoms with Gasteiger partial charge in [0.25, 0.3) is 0 Å². The third kappa shape index (κ3) is 2.34. The first-order chi connectivity index (χ1) is 7.81. The Morgan fingerprint density at radius 1 is 0.875 bits per heavy atom. The minimum absolute atomic E-state index is 0.484. The van der Waals surface area contributed by atoms with Crippen LogP contribution in [0, 0.1) is 0 Å². The Morgan fingerprint density at radius 2 is 1.44 bits per heavy atom. The predicted octanol–water partition coefficient (Wildman–Crippen LogP) is 2.93. The van der Waals surface area contributed by atoms with Crippen LogP contribution in [-0.4, -0.2) is 0 Å². The van der Waals surface area contributed by atoms with Crippen LogP contribution >= 0.6 is 7.80 Å². The minimum Gasteiger partial charge on any atom is -0.246 e. The molecular weight excluding hydrogens is 222 g/mol. The molecule has 0 bridgehead atoms. The first kappa shape index (κ1) is 11.0. The molecule has 0 aliphatic rings. The van der Waals surface area contributed by atoms with Gasteiger partial charge in [-0.2, -0.15) is 0 Å². The van der Waals surface area contributed by atoms with E-state index >= 15 is 0 Å². The second kappa shape index (κ2) is 5.00. The average molecular weight is 233 g/mol. The highest BCUT2D eigenvalue weighted by molar-refractivity contribution is 7.61. The summed E-state index contributed by atoms with van der Waals surface area (Å²) in [5, 5.41) is 1.53. The second-order valence-electron chi connectivity index (χ2n) is 3.43. The Balaban J connectivity index is 2.28. The molecule has 0 radical (unpaired) electrons. The molecule has 0 amide bonds. The van der Waals surface area contributed by atoms with Crippen molar-refractivity contribution in [3.05, 3.63) is 60.2 Å². The van der Waals surface area contributed by atoms with Crippen LogP contribution < -0.4 is 10.6 Å². The lowest BCUT2D eigenvalue weighted by Gasteiger charge is -1.92. The van der Waals surface area contributed by atoms with E-state index in [0.29, 0.717) is 5.56 Å². The molecule has 1 nitrogen and oxygen atoms in total. The van der Waals surface area contributed by atoms with Crippen LogP contribution in [0.25, 0.3) is 0 Å². The molecule has 0 aliphatic heterocycles. The molecular formula is C13H11FOP+. The molecule has 0 saturated heterocycles. The zero-order chi connectivity index (χ0) is 11.4. The maximum absolute atomic E-state index is 12.3. The van der Waals surface area contributed by atoms with Crippen molar-refractivity contribution in [1.82, 2.24) is 0 Å². The van der Waals surface area contributed by atoms with Gasteiger partial charge in [-0.25, -0.2) is 4.39 Å². The molecule has 3 heteroatoms. The Hall–Kier alpha value is -1.53. The van der Waals surface area contributed by atoms with Crippen LogP contribution in [0.5, 0.6) is 0 Å². The Bertz CT molecular complexity index is 479. The summed E-state index contributed by atoms with van der Waals surface area (Å²) in [6.45, 7) is -0.484. The van der Waals surface area contributed by atoms with Crippen molar-refractivity contribution in [2.45, 2.75) is 6.67 Å². The van der Waals surface area contributed by atoms with Crippen molar-refractivity contribution in [2.75, 3.05) is 0 Å². The van der Waals surface area contributed by atoms with Gasteiger partial charge < -0.3 is 0 Å². The number of hydrogen-bond donors (Lipinski definition) is 0. The van der Waals surface area contributed by atoms with Crippen molar-refractivity contribution < 1.29 is 8.96 Å². The summed E-state index contributed by atoms with van der Waals surface area (Å²) in [7, 11) is -1.56. The van der Waals surface area contributed by atoms with Gasteiger partial charge in [-0.1, -0.05) is 34.9 Å². The summed E-state index contributed by atoms with van der Waals surface area (Å²) in [5.41, 5.74) is 0.611. The van der Waals surface area contributed by atoms with E-state index in [2.05, 4.69) is 0 Å². The molecule has 2 aromatic rings. The molecule has 0 N–H and O–H groups in total. The van der Waals surface area contributed by atoms with Crippen LogP contribution in [0.3, 0.4) is 0 Å². The molecule has 0 aliphatic carbocycles. The SMILES string of the molecule is O=[P+](c1ccccc1)c1ccc(CF)cc1. The molecule has 1 atom stereocenters. The maximum Gasteiger partial charge on any atom is 0.415 e. The highest BCUT2D eigenvalue weighted by Crippen LogP contribution is 2.19. The van der Waals surface area contributed by atoms with Crippen LogP contribution in [0.1, 0.15) is 5.56 Å². The molecule has 0 spiro atoms. The van der Waals surface area contributed by atoms with Crippen LogP contribution in [-0.2, 0) is 11.2 Å². The topological polar surface area (TPSA) is 17.1 Å². The van der Waals surface area contributed by atoms with E-state index in [1.165, 1.54) is 0 Å². The molecule has 80 valence electrons. The van der Waals surface area contributed by atoms with Crippen molar-refractivity contribution in [2.24, 2.45) is 0 Å². The zero-order valence-electron chi connectivity index (χ0n) is 8.64. The Labute approximate surface area is 94.7 Å². The Morgan fingerprint density at radius 3 is 2.00 bits per heavy atom. The summed E-state index contributed by atoms with van der Waals surface area (Å²) >= 11 is 0. The molecule has 0 saturated carbocycles. The summed E-state index contributed by atoms with van der Waals surface area (Å²) in [6, 6.07) is 16.1. The van der Waals surface area contributed by atoms with E-state index in [-0.39, 0.29) is 0 Å². The normalized spacial score (nSPS) is 11.2. The van der Waals surface area contributed by atoms with Gasteiger partial charge >= 0.3 is 7.80 Å². The lowest BCUT2D eigenvalue weighted by molar-refractivity contribution is 0.485. The highest BCUT2D eigenvalue weighted by atomic mass is 31.1. The quantitative estimate of drug-likeness (QED) is 0.745. The van der Waals surface area contributed by atoms with Crippen molar-refractivity contribution in [3.8, 4) is 0 Å². The van der Waals surface area contributed by atoms with E-state index in [1.54, 1.807) is 24.3 Å². The monoisotopic (exact) mass is 233 g/mol. The number of halogens is 1. The predicted molar refractivity (Wildman–Crippen MR) is 64.6 cm³/mol. The van der Waals surface area contributed by atoms with Gasteiger partial charge in [0.2, 0.25) is 0 Å². The molecule has 0 heterocycles. The van der Waals surface area contributed by atoms with Crippen LogP contribution in [0.2, 0.25) is 0 Å². The van der Waals surface area contributed by atoms with Gasteiger partial charge in [-0.15, -0.1) is 0 Å². The third-order valence-electron chi connectivity index (χ3n) is 2.32. The van der Waals surface area contributed by atoms with Gasteiger partial charge in [0.15, 0.2) is 10.6 Å². The van der Waals surface area contributed by atoms with Crippen LogP contribution in [0.15, 0.2) is 54.6 Å². The molecule has 16 heavy (non-hydrogen) atoms. The van der Waals surface area contributed by atoms with E-state index in [4.69, 9.17) is 0 Å². The number of alkyl halides is 1. The fourth-order valence-corrected chi connectivity index (χ4v) is 2.59. The largest absolute Gasteiger partial charge is 0.415 e. The zero-order valence-corrected chi connectivity index (χ0v) is 9.53. The van der Waals surface area contributed by atoms with Gasteiger partial charge in [0.05, 0.1) is 0 Å². The lowest BCUT2D eigenvalue weighted by Crippen LogP contribution is -2.05. The smallest absolute Gasteiger partial charge is 0.246 e. The molecule has 0 fully saturated rings. The van der Waals surface area contributed by atoms with Crippen LogP contribution in [0.4, 0.5) is 4.39 Å². The maximum atomic E-state index is 12.3. The van der Waals surface area contributed by atoms with Gasteiger partial charge in [0.1, 0.15) is 6.67 Å². The second-order valence-corrected chi connectivity index (χ2v) is 5.05. The summed E-state index contributed by atoms with van der Waals surface area (Å²) in [6.07, 6.45) is 0. The summed E-state index contributed by atoms with van der Waals surface area (Å²) in [4.78, 5) is 0. The number of hydrogen-bond acceptors (Lipinski definition) is 1. The van der Waals surface area contributed by atoms with E-state index in [9.17, 15) is 8.96 Å². The number of rotatable bonds is 3. The molecule has 1 unspecified atom stereocenters.